The topological polar surface area (TPSA) is 0 Å². The van der Waals surface area contributed by atoms with E-state index >= 15 is 0 Å². The van der Waals surface area contributed by atoms with E-state index in [1.807, 2.05) is 6.08 Å². The minimum atomic E-state index is 0.159. The third kappa shape index (κ3) is 2.37. The Balaban J connectivity index is 2.27. The molecule has 80 valence electrons. The van der Waals surface area contributed by atoms with Gasteiger partial charge in [-0.2, -0.15) is 0 Å². The first-order chi connectivity index (χ1) is 7.81. The Morgan fingerprint density at radius 1 is 0.875 bits per heavy atom. The van der Waals surface area contributed by atoms with Gasteiger partial charge in [0.25, 0.3) is 0 Å². The Morgan fingerprint density at radius 2 is 1.44 bits per heavy atom. The Morgan fingerprint density at radius 3 is 2.00 bits per heavy atom. The van der Waals surface area contributed by atoms with E-state index in [0.717, 1.165) is 0 Å². The molecule has 0 heterocycles. The van der Waals surface area contributed by atoms with Gasteiger partial charge in [0.2, 0.25) is 0 Å². The lowest BCUT2D eigenvalue weighted by Crippen LogP contribution is -1.99. The van der Waals surface area contributed by atoms with Gasteiger partial charge < -0.3 is 0 Å². The van der Waals surface area contributed by atoms with Crippen LogP contribution in [0.15, 0.2) is 71.0 Å². The van der Waals surface area contributed by atoms with Crippen LogP contribution in [0.3, 0.4) is 0 Å². The molecule has 1 atom stereocenters. The van der Waals surface area contributed by atoms with Crippen molar-refractivity contribution >= 4 is 17.0 Å². The Labute approximate surface area is 100.0 Å². The summed E-state index contributed by atoms with van der Waals surface area (Å²) in [5.41, 5.74) is 1.17. The maximum absolute atomic E-state index is 3.77. The second-order valence-electron chi connectivity index (χ2n) is 3.60. The van der Waals surface area contributed by atoms with Crippen molar-refractivity contribution in [3.05, 3.63) is 66.7 Å². The van der Waals surface area contributed by atoms with Crippen LogP contribution in [0.2, 0.25) is 0 Å². The zero-order valence-corrected chi connectivity index (χ0v) is 10.2. The molecule has 0 nitrogen and oxygen atoms in total. The third-order valence-electron chi connectivity index (χ3n) is 2.57. The lowest BCUT2D eigenvalue weighted by atomic mass is 10.2. The summed E-state index contributed by atoms with van der Waals surface area (Å²) in [5, 5.41) is 0. The summed E-state index contributed by atoms with van der Waals surface area (Å²) in [6, 6.07) is 19.2. The normalized spacial score (nSPS) is 12.1. The molecule has 0 amide bonds. The van der Waals surface area contributed by atoms with Gasteiger partial charge >= 0.3 is 0 Å². The maximum Gasteiger partial charge on any atom is 0.160 e. The predicted octanol–water partition coefficient (Wildman–Crippen LogP) is 4.00. The Kier molecular flexibility index (Phi) is 3.47. The summed E-state index contributed by atoms with van der Waals surface area (Å²) in [6.07, 6.45) is 4.14. The van der Waals surface area contributed by atoms with Crippen molar-refractivity contribution in [2.24, 2.45) is 0 Å². The summed E-state index contributed by atoms with van der Waals surface area (Å²) in [4.78, 5) is 2.76. The fourth-order valence-electron chi connectivity index (χ4n) is 1.57. The van der Waals surface area contributed by atoms with Crippen molar-refractivity contribution in [2.45, 2.75) is 9.79 Å². The number of hydrogen-bond donors (Lipinski definition) is 0. The van der Waals surface area contributed by atoms with Crippen LogP contribution >= 0.6 is 0 Å². The molecule has 0 aliphatic heterocycles. The van der Waals surface area contributed by atoms with E-state index < -0.39 is 0 Å². The predicted molar refractivity (Wildman–Crippen MR) is 72.8 cm³/mol. The molecule has 2 aromatic rings. The average Bonchev–Trinajstić information content (AvgIpc) is 2.39. The van der Waals surface area contributed by atoms with Crippen molar-refractivity contribution < 1.29 is 0 Å². The molecule has 0 fully saturated rings. The Hall–Kier alpha value is -1.47. The first kappa shape index (κ1) is 11.0. The molecule has 0 spiro atoms. The zero-order valence-electron chi connectivity index (χ0n) is 9.39. The molecule has 0 saturated heterocycles. The molecule has 1 heteroatoms. The molecule has 2 aromatic carbocycles. The monoisotopic (exact) mass is 227 g/mol. The van der Waals surface area contributed by atoms with Gasteiger partial charge in [-0.15, -0.1) is 0 Å². The standard InChI is InChI=1S/C15H15S/c1-3-13-9-11-15(12-10-13)16(2)14-7-5-4-6-8-14/h3-12H,1H2,2H3/q+1. The van der Waals surface area contributed by atoms with E-state index in [2.05, 4.69) is 67.4 Å². The second kappa shape index (κ2) is 5.04. The van der Waals surface area contributed by atoms with Gasteiger partial charge in [0.05, 0.1) is 10.9 Å². The first-order valence-electron chi connectivity index (χ1n) is 5.25. The molecule has 0 aliphatic carbocycles. The molecule has 0 bridgehead atoms. The molecular formula is C15H15S+. The quantitative estimate of drug-likeness (QED) is 0.695. The van der Waals surface area contributed by atoms with Crippen LogP contribution in [0.5, 0.6) is 0 Å². The summed E-state index contributed by atoms with van der Waals surface area (Å²) in [6.45, 7) is 3.77. The zero-order chi connectivity index (χ0) is 11.4. The van der Waals surface area contributed by atoms with Crippen molar-refractivity contribution in [3.63, 3.8) is 0 Å². The van der Waals surface area contributed by atoms with E-state index in [4.69, 9.17) is 0 Å². The molecule has 0 saturated carbocycles. The van der Waals surface area contributed by atoms with E-state index in [1.54, 1.807) is 0 Å². The van der Waals surface area contributed by atoms with Crippen LogP contribution in [-0.4, -0.2) is 6.26 Å². The highest BCUT2D eigenvalue weighted by atomic mass is 32.2. The van der Waals surface area contributed by atoms with E-state index in [-0.39, 0.29) is 10.9 Å². The van der Waals surface area contributed by atoms with E-state index in [9.17, 15) is 0 Å². The second-order valence-corrected chi connectivity index (χ2v) is 5.56. The van der Waals surface area contributed by atoms with Gasteiger partial charge in [0.1, 0.15) is 6.26 Å². The molecule has 16 heavy (non-hydrogen) atoms. The van der Waals surface area contributed by atoms with Crippen molar-refractivity contribution in [1.82, 2.24) is 0 Å². The highest BCUT2D eigenvalue weighted by Gasteiger charge is 2.17. The average molecular weight is 227 g/mol. The lowest BCUT2D eigenvalue weighted by molar-refractivity contribution is 1.37. The number of rotatable bonds is 3. The molecule has 1 unspecified atom stereocenters. The van der Waals surface area contributed by atoms with Gasteiger partial charge in [-0.25, -0.2) is 0 Å². The van der Waals surface area contributed by atoms with Gasteiger partial charge in [-0.05, 0) is 29.8 Å². The summed E-state index contributed by atoms with van der Waals surface area (Å²) in [7, 11) is 0.159. The molecule has 0 radical (unpaired) electrons. The van der Waals surface area contributed by atoms with Crippen LogP contribution in [-0.2, 0) is 10.9 Å². The van der Waals surface area contributed by atoms with Crippen LogP contribution in [0.4, 0.5) is 0 Å². The largest absolute Gasteiger partial charge is 0.160 e. The van der Waals surface area contributed by atoms with Gasteiger partial charge in [0, 0.05) is 0 Å². The first-order valence-corrected chi connectivity index (χ1v) is 6.88. The van der Waals surface area contributed by atoms with Crippen molar-refractivity contribution in [2.75, 3.05) is 6.26 Å². The number of benzene rings is 2. The van der Waals surface area contributed by atoms with Crippen molar-refractivity contribution in [3.8, 4) is 0 Å². The van der Waals surface area contributed by atoms with Crippen molar-refractivity contribution in [1.29, 1.82) is 0 Å². The highest BCUT2D eigenvalue weighted by molar-refractivity contribution is 7.96. The van der Waals surface area contributed by atoms with Gasteiger partial charge in [-0.1, -0.05) is 43.0 Å². The van der Waals surface area contributed by atoms with Gasteiger partial charge in [-0.3, -0.25) is 0 Å². The summed E-state index contributed by atoms with van der Waals surface area (Å²) in [5.74, 6) is 0. The fraction of sp³-hybridized carbons (Fsp3) is 0.0667. The van der Waals surface area contributed by atoms with Crippen LogP contribution in [0.1, 0.15) is 5.56 Å². The maximum atomic E-state index is 3.77. The number of hydrogen-bond acceptors (Lipinski definition) is 0. The van der Waals surface area contributed by atoms with Crippen LogP contribution < -0.4 is 0 Å². The lowest BCUT2D eigenvalue weighted by Gasteiger charge is -2.02. The minimum Gasteiger partial charge on any atom is -0.0985 e. The van der Waals surface area contributed by atoms with Crippen LogP contribution in [0.25, 0.3) is 6.08 Å². The molecule has 0 aromatic heterocycles. The Bertz CT molecular complexity index is 457. The summed E-state index contributed by atoms with van der Waals surface area (Å²) >= 11 is 0. The fourth-order valence-corrected chi connectivity index (χ4v) is 2.95. The molecule has 0 aliphatic rings. The molecule has 0 N–H and O–H groups in total. The molecular weight excluding hydrogens is 212 g/mol. The smallest absolute Gasteiger partial charge is 0.0985 e. The van der Waals surface area contributed by atoms with E-state index in [0.29, 0.717) is 0 Å². The van der Waals surface area contributed by atoms with Crippen LogP contribution in [0, 0.1) is 0 Å². The summed E-state index contributed by atoms with van der Waals surface area (Å²) < 4.78 is 0. The SMILES string of the molecule is C=Cc1ccc([S+](C)c2ccccc2)cc1. The highest BCUT2D eigenvalue weighted by Crippen LogP contribution is 2.21. The third-order valence-corrected chi connectivity index (χ3v) is 4.52. The van der Waals surface area contributed by atoms with E-state index in [1.165, 1.54) is 15.4 Å². The minimum absolute atomic E-state index is 0.159. The van der Waals surface area contributed by atoms with Gasteiger partial charge in [0.15, 0.2) is 9.79 Å². The molecule has 2 rings (SSSR count).